The first-order valence-electron chi connectivity index (χ1n) is 12.3. The Labute approximate surface area is 173 Å². The number of nitrogens with zero attached hydrogens (tertiary/aromatic N) is 2. The van der Waals surface area contributed by atoms with Gasteiger partial charge in [-0.3, -0.25) is 4.98 Å². The van der Waals surface area contributed by atoms with Gasteiger partial charge in [0.2, 0.25) is 5.69 Å². The van der Waals surface area contributed by atoms with Crippen LogP contribution in [0.4, 0.5) is 0 Å². The van der Waals surface area contributed by atoms with Gasteiger partial charge in [0.05, 0.1) is 11.3 Å². The second-order valence-electron chi connectivity index (χ2n) is 8.22. The van der Waals surface area contributed by atoms with Gasteiger partial charge in [-0.2, -0.15) is 0 Å². The molecule has 2 aliphatic rings. The fourth-order valence-corrected chi connectivity index (χ4v) is 4.99. The number of benzene rings is 1. The Morgan fingerprint density at radius 1 is 1.11 bits per heavy atom. The summed E-state index contributed by atoms with van der Waals surface area (Å²) in [6, 6.07) is 10.4. The zero-order valence-corrected chi connectivity index (χ0v) is 16.7. The summed E-state index contributed by atoms with van der Waals surface area (Å²) in [5, 5.41) is 0. The SMILES string of the molecule is [2H]C([2H])([2H])c1c[n+](C)c(-c2c(C)ccc3c2Cc2ncccc2-3)cc1C1([2H])CCCCC1. The maximum atomic E-state index is 9.25. The first-order valence-corrected chi connectivity index (χ1v) is 10.3. The normalized spacial score (nSPS) is 19.8. The molecule has 1 aromatic carbocycles. The zero-order chi connectivity index (χ0) is 22.7. The van der Waals surface area contributed by atoms with E-state index in [1.165, 1.54) is 16.7 Å². The lowest BCUT2D eigenvalue weighted by atomic mass is 9.82. The Balaban J connectivity index is 1.75. The van der Waals surface area contributed by atoms with E-state index in [4.69, 9.17) is 4.11 Å². The van der Waals surface area contributed by atoms with Crippen LogP contribution in [-0.4, -0.2) is 4.98 Å². The van der Waals surface area contributed by atoms with Crippen LogP contribution in [-0.2, 0) is 13.5 Å². The predicted octanol–water partition coefficient (Wildman–Crippen LogP) is 5.81. The first-order chi connectivity index (χ1) is 15.2. The van der Waals surface area contributed by atoms with E-state index < -0.39 is 12.7 Å². The van der Waals surface area contributed by atoms with E-state index in [-0.39, 0.29) is 0 Å². The van der Waals surface area contributed by atoms with Gasteiger partial charge in [-0.15, -0.1) is 0 Å². The van der Waals surface area contributed by atoms with Crippen LogP contribution in [0.1, 0.15) is 71.4 Å². The van der Waals surface area contributed by atoms with Crippen molar-refractivity contribution in [1.82, 2.24) is 4.98 Å². The van der Waals surface area contributed by atoms with Crippen molar-refractivity contribution in [2.45, 2.75) is 58.2 Å². The summed E-state index contributed by atoms with van der Waals surface area (Å²) in [5.41, 5.74) is 8.97. The maximum Gasteiger partial charge on any atom is 0.213 e. The van der Waals surface area contributed by atoms with Crippen LogP contribution < -0.4 is 4.57 Å². The number of pyridine rings is 2. The van der Waals surface area contributed by atoms with Crippen molar-refractivity contribution in [3.8, 4) is 22.4 Å². The summed E-state index contributed by atoms with van der Waals surface area (Å²) in [6.45, 7) is -0.134. The third-order valence-electron chi connectivity index (χ3n) is 6.41. The number of hydrogen-bond donors (Lipinski definition) is 0. The van der Waals surface area contributed by atoms with Gasteiger partial charge < -0.3 is 0 Å². The number of hydrogen-bond acceptors (Lipinski definition) is 1. The summed E-state index contributed by atoms with van der Waals surface area (Å²) >= 11 is 0. The Kier molecular flexibility index (Phi) is 3.34. The molecule has 0 N–H and O–H groups in total. The minimum absolute atomic E-state index is 0.316. The van der Waals surface area contributed by atoms with Crippen molar-refractivity contribution in [2.75, 3.05) is 0 Å². The molecule has 1 saturated carbocycles. The highest BCUT2D eigenvalue weighted by atomic mass is 14.9. The molecule has 142 valence electrons. The molecule has 2 nitrogen and oxygen atoms in total. The zero-order valence-electron chi connectivity index (χ0n) is 20.7. The van der Waals surface area contributed by atoms with E-state index in [0.29, 0.717) is 24.0 Å². The monoisotopic (exact) mass is 373 g/mol. The van der Waals surface area contributed by atoms with Crippen LogP contribution in [0.5, 0.6) is 0 Å². The standard InChI is InChI=1S/C26H29N2/c1-17-11-12-20-21-10-7-13-27-24(21)14-23(20)26(17)25-15-22(18(2)16-28(25)3)19-8-5-4-6-9-19/h7,10-13,15-16,19H,4-6,8-9,14H2,1-3H3/q+1/i2D3,19D. The molecule has 1 fully saturated rings. The Morgan fingerprint density at radius 2 is 1.96 bits per heavy atom. The number of aryl methyl sites for hydroxylation is 3. The van der Waals surface area contributed by atoms with Crippen LogP contribution >= 0.6 is 0 Å². The van der Waals surface area contributed by atoms with E-state index >= 15 is 0 Å². The third-order valence-corrected chi connectivity index (χ3v) is 6.41. The smallest absolute Gasteiger partial charge is 0.213 e. The number of rotatable bonds is 2. The van der Waals surface area contributed by atoms with Gasteiger partial charge in [0.1, 0.15) is 7.05 Å². The Morgan fingerprint density at radius 3 is 2.79 bits per heavy atom. The molecule has 28 heavy (non-hydrogen) atoms. The molecule has 0 saturated heterocycles. The molecule has 0 spiro atoms. The summed E-state index contributed by atoms with van der Waals surface area (Å²) in [5.74, 6) is -0.846. The molecule has 5 rings (SSSR count). The minimum Gasteiger partial charge on any atom is -0.260 e. The average molecular weight is 374 g/mol. The van der Waals surface area contributed by atoms with Crippen LogP contribution in [0.15, 0.2) is 42.7 Å². The highest BCUT2D eigenvalue weighted by Crippen LogP contribution is 2.42. The van der Waals surface area contributed by atoms with Crippen molar-refractivity contribution in [3.05, 3.63) is 70.7 Å². The van der Waals surface area contributed by atoms with Crippen LogP contribution in [0.3, 0.4) is 0 Å². The predicted molar refractivity (Wildman–Crippen MR) is 114 cm³/mol. The fourth-order valence-electron chi connectivity index (χ4n) is 4.99. The third kappa shape index (κ3) is 2.78. The van der Waals surface area contributed by atoms with E-state index in [9.17, 15) is 1.37 Å². The molecule has 0 bridgehead atoms. The number of fused-ring (bicyclic) bond motifs is 3. The number of aromatic nitrogens is 2. The second kappa shape index (κ2) is 6.84. The molecular formula is C26H29N2+. The summed E-state index contributed by atoms with van der Waals surface area (Å²) in [6.07, 6.45) is 8.85. The first kappa shape index (κ1) is 13.7. The van der Waals surface area contributed by atoms with E-state index in [1.807, 2.05) is 29.9 Å². The molecular weight excluding hydrogens is 340 g/mol. The van der Waals surface area contributed by atoms with E-state index in [2.05, 4.69) is 30.1 Å². The Hall–Kier alpha value is -2.48. The lowest BCUT2D eigenvalue weighted by molar-refractivity contribution is -0.660. The molecule has 0 aliphatic heterocycles. The molecule has 2 heteroatoms. The summed E-state index contributed by atoms with van der Waals surface area (Å²) in [4.78, 5) is 4.60. The molecule has 2 heterocycles. The van der Waals surface area contributed by atoms with Crippen LogP contribution in [0.25, 0.3) is 22.4 Å². The molecule has 3 aromatic rings. The maximum absolute atomic E-state index is 9.25. The van der Waals surface area contributed by atoms with E-state index in [0.717, 1.165) is 48.2 Å². The van der Waals surface area contributed by atoms with Gasteiger partial charge in [-0.05, 0) is 60.8 Å². The van der Waals surface area contributed by atoms with Gasteiger partial charge >= 0.3 is 0 Å². The summed E-state index contributed by atoms with van der Waals surface area (Å²) < 4.78 is 35.7. The summed E-state index contributed by atoms with van der Waals surface area (Å²) in [7, 11) is 1.92. The highest BCUT2D eigenvalue weighted by molar-refractivity contribution is 5.84. The molecule has 0 atom stereocenters. The molecule has 0 radical (unpaired) electrons. The largest absolute Gasteiger partial charge is 0.260 e. The van der Waals surface area contributed by atoms with Gasteiger partial charge in [0, 0.05) is 35.3 Å². The molecule has 2 aromatic heterocycles. The van der Waals surface area contributed by atoms with Crippen LogP contribution in [0.2, 0.25) is 0 Å². The molecule has 2 aliphatic carbocycles. The van der Waals surface area contributed by atoms with Crippen molar-refractivity contribution < 1.29 is 10.1 Å². The molecule has 0 amide bonds. The van der Waals surface area contributed by atoms with Gasteiger partial charge in [0.25, 0.3) is 0 Å². The van der Waals surface area contributed by atoms with Crippen molar-refractivity contribution in [3.63, 3.8) is 0 Å². The average Bonchev–Trinajstić information content (AvgIpc) is 3.12. The lowest BCUT2D eigenvalue weighted by Gasteiger charge is -2.23. The molecule has 0 unspecified atom stereocenters. The quantitative estimate of drug-likeness (QED) is 0.405. The van der Waals surface area contributed by atoms with E-state index in [1.54, 1.807) is 6.20 Å². The lowest BCUT2D eigenvalue weighted by Crippen LogP contribution is -2.32. The van der Waals surface area contributed by atoms with Gasteiger partial charge in [0.15, 0.2) is 6.20 Å². The highest BCUT2D eigenvalue weighted by Gasteiger charge is 2.28. The van der Waals surface area contributed by atoms with Gasteiger partial charge in [-0.1, -0.05) is 37.5 Å². The van der Waals surface area contributed by atoms with Crippen molar-refractivity contribution in [2.24, 2.45) is 7.05 Å². The van der Waals surface area contributed by atoms with Crippen molar-refractivity contribution in [1.29, 1.82) is 0 Å². The minimum atomic E-state index is -2.25. The van der Waals surface area contributed by atoms with Crippen LogP contribution in [0, 0.1) is 13.8 Å². The fraction of sp³-hybridized carbons (Fsp3) is 0.385. The second-order valence-corrected chi connectivity index (χ2v) is 8.22. The Bertz CT molecular complexity index is 1210. The van der Waals surface area contributed by atoms with Crippen molar-refractivity contribution >= 4 is 0 Å². The topological polar surface area (TPSA) is 16.8 Å². The van der Waals surface area contributed by atoms with Gasteiger partial charge in [-0.25, -0.2) is 4.57 Å².